The van der Waals surface area contributed by atoms with Crippen molar-refractivity contribution in [2.24, 2.45) is 0 Å². The number of benzene rings is 2. The molecule has 0 atom stereocenters. The average Bonchev–Trinajstić information content (AvgIpc) is 3.14. The van der Waals surface area contributed by atoms with Gasteiger partial charge in [0, 0.05) is 54.3 Å². The molecule has 0 fully saturated rings. The summed E-state index contributed by atoms with van der Waals surface area (Å²) < 4.78 is 20.9. The van der Waals surface area contributed by atoms with E-state index >= 15 is 0 Å². The van der Waals surface area contributed by atoms with Gasteiger partial charge < -0.3 is 14.5 Å². The van der Waals surface area contributed by atoms with Crippen molar-refractivity contribution in [3.63, 3.8) is 0 Å². The van der Waals surface area contributed by atoms with Gasteiger partial charge in [0.2, 0.25) is 0 Å². The van der Waals surface area contributed by atoms with Crippen molar-refractivity contribution in [2.45, 2.75) is 58.4 Å². The second-order valence-corrected chi connectivity index (χ2v) is 12.3. The number of hydrogen-bond donors (Lipinski definition) is 0. The molecule has 0 unspecified atom stereocenters. The van der Waals surface area contributed by atoms with Crippen LogP contribution in [0.5, 0.6) is 5.75 Å². The third-order valence-electron chi connectivity index (χ3n) is 8.03. The molecular weight excluding hydrogens is 531 g/mol. The number of unbranched alkanes of at least 4 members (excludes halogenated alkanes) is 1. The van der Waals surface area contributed by atoms with Crippen molar-refractivity contribution in [1.82, 2.24) is 9.88 Å². The summed E-state index contributed by atoms with van der Waals surface area (Å²) in [6.07, 6.45) is 7.55. The van der Waals surface area contributed by atoms with Crippen LogP contribution in [0.3, 0.4) is 0 Å². The molecule has 0 saturated carbocycles. The quantitative estimate of drug-likeness (QED) is 0.208. The Labute approximate surface area is 249 Å². The summed E-state index contributed by atoms with van der Waals surface area (Å²) in [5.74, 6) is 1.82. The lowest BCUT2D eigenvalue weighted by molar-refractivity contribution is 0.277. The summed E-state index contributed by atoms with van der Waals surface area (Å²) in [7, 11) is 0. The number of rotatable bonds is 12. The van der Waals surface area contributed by atoms with Crippen LogP contribution in [0.15, 0.2) is 65.3 Å². The molecule has 7 heteroatoms. The normalized spacial score (nSPS) is 14.4. The minimum absolute atomic E-state index is 0.126. The largest absolute Gasteiger partial charge is 0.489 e. The first-order valence-corrected chi connectivity index (χ1v) is 15.9. The molecule has 41 heavy (non-hydrogen) atoms. The fraction of sp³-hybridized carbons (Fsp3) is 0.441. The highest BCUT2D eigenvalue weighted by molar-refractivity contribution is 7.99. The van der Waals surface area contributed by atoms with Crippen molar-refractivity contribution < 1.29 is 9.13 Å². The monoisotopic (exact) mass is 574 g/mol. The molecule has 1 aromatic heterocycles. The van der Waals surface area contributed by atoms with Crippen molar-refractivity contribution in [2.75, 3.05) is 54.9 Å². The number of aryl methyl sites for hydroxylation is 2. The van der Waals surface area contributed by atoms with E-state index < -0.39 is 0 Å². The summed E-state index contributed by atoms with van der Waals surface area (Å²) in [5.41, 5.74) is 8.07. The van der Waals surface area contributed by atoms with Crippen LogP contribution in [0.2, 0.25) is 0 Å². The Morgan fingerprint density at radius 3 is 2.63 bits per heavy atom. The number of pyridine rings is 1. The first kappa shape index (κ1) is 29.5. The Morgan fingerprint density at radius 2 is 1.85 bits per heavy atom. The third-order valence-corrected chi connectivity index (χ3v) is 9.17. The topological polar surface area (TPSA) is 31.8 Å². The maximum absolute atomic E-state index is 14.7. The number of hydrogen-bond acceptors (Lipinski definition) is 6. The van der Waals surface area contributed by atoms with Crippen LogP contribution in [0.1, 0.15) is 48.6 Å². The zero-order chi connectivity index (χ0) is 28.8. The fourth-order valence-electron chi connectivity index (χ4n) is 5.70. The number of halogens is 1. The third kappa shape index (κ3) is 7.25. The van der Waals surface area contributed by atoms with Gasteiger partial charge in [0.1, 0.15) is 18.2 Å². The van der Waals surface area contributed by atoms with Gasteiger partial charge in [-0.3, -0.25) is 9.88 Å². The highest BCUT2D eigenvalue weighted by Gasteiger charge is 2.27. The Hall–Kier alpha value is -3.03. The molecule has 0 bridgehead atoms. The highest BCUT2D eigenvalue weighted by Crippen LogP contribution is 2.46. The first-order chi connectivity index (χ1) is 19.9. The predicted molar refractivity (Wildman–Crippen MR) is 170 cm³/mol. The molecule has 218 valence electrons. The lowest BCUT2D eigenvalue weighted by Crippen LogP contribution is -2.32. The van der Waals surface area contributed by atoms with Crippen LogP contribution in [-0.2, 0) is 6.54 Å². The van der Waals surface area contributed by atoms with Crippen molar-refractivity contribution >= 4 is 23.1 Å². The summed E-state index contributed by atoms with van der Waals surface area (Å²) >= 11 is 1.89. The molecule has 0 radical (unpaired) electrons. The van der Waals surface area contributed by atoms with E-state index in [1.807, 2.05) is 37.0 Å². The van der Waals surface area contributed by atoms with E-state index in [2.05, 4.69) is 64.9 Å². The minimum atomic E-state index is -0.126. The van der Waals surface area contributed by atoms with E-state index in [0.29, 0.717) is 13.2 Å². The van der Waals surface area contributed by atoms with Crippen LogP contribution >= 0.6 is 11.8 Å². The van der Waals surface area contributed by atoms with Crippen LogP contribution in [0.4, 0.5) is 15.8 Å². The number of thioether (sulfide) groups is 1. The van der Waals surface area contributed by atoms with Gasteiger partial charge in [-0.15, -0.1) is 11.8 Å². The van der Waals surface area contributed by atoms with E-state index in [4.69, 9.17) is 4.74 Å². The van der Waals surface area contributed by atoms with Crippen molar-refractivity contribution in [1.29, 1.82) is 0 Å². The summed E-state index contributed by atoms with van der Waals surface area (Å²) in [6, 6.07) is 13.8. The second kappa shape index (κ2) is 13.8. The predicted octanol–water partition coefficient (Wildman–Crippen LogP) is 7.53. The highest BCUT2D eigenvalue weighted by atomic mass is 32.2. The standard InChI is InChI=1S/C34H43FN4OS/c1-5-14-38(30-13-12-26(3)36-20-30)16-9-8-15-37(23-29-10-6-7-11-31(29)35)21-28-22-39-17-18-40-34-27(4)25(2)19-32(33(34)39)41-24-28/h6-7,10-13,19-20,22H,5,8-9,14-18,21,23-24H2,1-4H3. The van der Waals surface area contributed by atoms with Crippen LogP contribution in [0, 0.1) is 26.6 Å². The molecule has 3 heterocycles. The Balaban J connectivity index is 1.29. The summed E-state index contributed by atoms with van der Waals surface area (Å²) in [6.45, 7) is 14.5. The number of ether oxygens (including phenoxy) is 1. The van der Waals surface area contributed by atoms with Crippen molar-refractivity contribution in [3.05, 3.63) is 88.6 Å². The van der Waals surface area contributed by atoms with Gasteiger partial charge in [0.15, 0.2) is 0 Å². The lowest BCUT2D eigenvalue weighted by Gasteiger charge is -2.31. The second-order valence-electron chi connectivity index (χ2n) is 11.3. The summed E-state index contributed by atoms with van der Waals surface area (Å²) in [5, 5.41) is 0. The Morgan fingerprint density at radius 1 is 1.02 bits per heavy atom. The maximum atomic E-state index is 14.7. The first-order valence-electron chi connectivity index (χ1n) is 14.9. The number of anilines is 2. The van der Waals surface area contributed by atoms with E-state index in [9.17, 15) is 4.39 Å². The fourth-order valence-corrected chi connectivity index (χ4v) is 6.81. The van der Waals surface area contributed by atoms with Gasteiger partial charge >= 0.3 is 0 Å². The molecule has 3 aromatic rings. The average molecular weight is 575 g/mol. The van der Waals surface area contributed by atoms with Gasteiger partial charge in [0.25, 0.3) is 0 Å². The zero-order valence-electron chi connectivity index (χ0n) is 25.0. The van der Waals surface area contributed by atoms with Gasteiger partial charge in [-0.1, -0.05) is 25.1 Å². The molecule has 2 aliphatic rings. The van der Waals surface area contributed by atoms with E-state index in [1.165, 1.54) is 33.0 Å². The molecule has 2 aliphatic heterocycles. The maximum Gasteiger partial charge on any atom is 0.147 e. The molecular formula is C34H43FN4OS. The van der Waals surface area contributed by atoms with Gasteiger partial charge in [0.05, 0.1) is 24.1 Å². The Kier molecular flexibility index (Phi) is 9.88. The molecule has 5 rings (SSSR count). The molecule has 2 aromatic carbocycles. The lowest BCUT2D eigenvalue weighted by atomic mass is 10.1. The van der Waals surface area contributed by atoms with Gasteiger partial charge in [-0.05, 0) is 87.5 Å². The number of nitrogens with zero attached hydrogens (tertiary/aromatic N) is 4. The molecule has 0 saturated heterocycles. The zero-order valence-corrected chi connectivity index (χ0v) is 25.8. The molecule has 0 spiro atoms. The Bertz CT molecular complexity index is 1360. The molecule has 0 aliphatic carbocycles. The molecule has 0 N–H and O–H groups in total. The summed E-state index contributed by atoms with van der Waals surface area (Å²) in [4.78, 5) is 13.0. The van der Waals surface area contributed by atoms with E-state index in [-0.39, 0.29) is 5.82 Å². The number of aromatic nitrogens is 1. The SMILES string of the molecule is CCCN(CCCCN(CC1=CN2CCOc3c(C)c(C)cc(c32)SC1)Cc1ccccc1F)c1ccc(C)nc1. The van der Waals surface area contributed by atoms with Crippen LogP contribution in [0.25, 0.3) is 0 Å². The van der Waals surface area contributed by atoms with Crippen molar-refractivity contribution in [3.8, 4) is 5.75 Å². The van der Waals surface area contributed by atoms with Gasteiger partial charge in [-0.25, -0.2) is 4.39 Å². The molecule has 5 nitrogen and oxygen atoms in total. The molecule has 0 amide bonds. The van der Waals surface area contributed by atoms with E-state index in [1.54, 1.807) is 12.1 Å². The van der Waals surface area contributed by atoms with Crippen LogP contribution < -0.4 is 14.5 Å². The van der Waals surface area contributed by atoms with Crippen LogP contribution in [-0.4, -0.2) is 55.0 Å². The van der Waals surface area contributed by atoms with Gasteiger partial charge in [-0.2, -0.15) is 0 Å². The van der Waals surface area contributed by atoms with E-state index in [0.717, 1.165) is 74.7 Å². The smallest absolute Gasteiger partial charge is 0.147 e. The minimum Gasteiger partial charge on any atom is -0.489 e.